The number of likely N-dealkylation sites (tertiary alicyclic amines) is 1. The van der Waals surface area contributed by atoms with E-state index >= 15 is 0 Å². The second-order valence-electron chi connectivity index (χ2n) is 5.23. The highest BCUT2D eigenvalue weighted by atomic mass is 19.3. The summed E-state index contributed by atoms with van der Waals surface area (Å²) in [5, 5.41) is 3.45. The van der Waals surface area contributed by atoms with E-state index in [1.807, 2.05) is 0 Å². The van der Waals surface area contributed by atoms with E-state index in [0.717, 1.165) is 39.1 Å². The summed E-state index contributed by atoms with van der Waals surface area (Å²) in [4.78, 5) is 2.26. The normalized spacial score (nSPS) is 34.9. The van der Waals surface area contributed by atoms with Gasteiger partial charge in [-0.2, -0.15) is 0 Å². The van der Waals surface area contributed by atoms with Crippen LogP contribution in [-0.2, 0) is 4.74 Å². The fourth-order valence-corrected chi connectivity index (χ4v) is 3.01. The number of rotatable bonds is 4. The molecule has 2 unspecified atom stereocenters. The number of likely N-dealkylation sites (N-methyl/N-ethyl adjacent to an activating group) is 1. The number of ether oxygens (including phenoxy) is 1. The first kappa shape index (κ1) is 13.2. The van der Waals surface area contributed by atoms with Crippen LogP contribution in [0.2, 0.25) is 0 Å². The lowest BCUT2D eigenvalue weighted by Crippen LogP contribution is -2.59. The second kappa shape index (κ2) is 5.59. The standard InChI is InChI=1S/C12H22F2N2O/c1-16-7-5-12(9-16)10(15-6-8-17-12)3-2-4-11(13)14/h10-11,15H,2-9H2,1H3. The Morgan fingerprint density at radius 2 is 2.35 bits per heavy atom. The minimum Gasteiger partial charge on any atom is -0.371 e. The molecule has 100 valence electrons. The maximum atomic E-state index is 12.2. The Labute approximate surface area is 101 Å². The highest BCUT2D eigenvalue weighted by Gasteiger charge is 2.45. The van der Waals surface area contributed by atoms with Gasteiger partial charge in [0.2, 0.25) is 6.43 Å². The Morgan fingerprint density at radius 3 is 3.00 bits per heavy atom. The minimum absolute atomic E-state index is 0.00407. The first-order chi connectivity index (χ1) is 8.12. The predicted molar refractivity (Wildman–Crippen MR) is 62.4 cm³/mol. The average Bonchev–Trinajstić information content (AvgIpc) is 2.64. The van der Waals surface area contributed by atoms with Crippen molar-refractivity contribution in [2.24, 2.45) is 0 Å². The number of alkyl halides is 2. The number of nitrogens with zero attached hydrogens (tertiary/aromatic N) is 1. The summed E-state index contributed by atoms with van der Waals surface area (Å²) < 4.78 is 30.3. The molecule has 1 spiro atoms. The predicted octanol–water partition coefficient (Wildman–Crippen LogP) is 1.48. The number of hydrogen-bond donors (Lipinski definition) is 1. The van der Waals surface area contributed by atoms with E-state index in [1.54, 1.807) is 0 Å². The quantitative estimate of drug-likeness (QED) is 0.815. The summed E-state index contributed by atoms with van der Waals surface area (Å²) in [6.45, 7) is 3.52. The van der Waals surface area contributed by atoms with Gasteiger partial charge in [0.1, 0.15) is 0 Å². The molecular formula is C12H22F2N2O. The number of halogens is 2. The van der Waals surface area contributed by atoms with Crippen LogP contribution in [-0.4, -0.2) is 56.3 Å². The molecule has 0 amide bonds. The fourth-order valence-electron chi connectivity index (χ4n) is 3.01. The molecule has 0 radical (unpaired) electrons. The number of nitrogens with one attached hydrogen (secondary N) is 1. The van der Waals surface area contributed by atoms with Crippen LogP contribution < -0.4 is 5.32 Å². The van der Waals surface area contributed by atoms with Gasteiger partial charge in [-0.25, -0.2) is 8.78 Å². The maximum Gasteiger partial charge on any atom is 0.238 e. The number of hydrogen-bond acceptors (Lipinski definition) is 3. The Kier molecular flexibility index (Phi) is 4.33. The Bertz CT molecular complexity index is 249. The zero-order chi connectivity index (χ0) is 12.3. The van der Waals surface area contributed by atoms with Crippen molar-refractivity contribution in [3.05, 3.63) is 0 Å². The maximum absolute atomic E-state index is 12.2. The topological polar surface area (TPSA) is 24.5 Å². The molecular weight excluding hydrogens is 226 g/mol. The van der Waals surface area contributed by atoms with Gasteiger partial charge >= 0.3 is 0 Å². The van der Waals surface area contributed by atoms with Crippen molar-refractivity contribution in [2.45, 2.75) is 43.8 Å². The van der Waals surface area contributed by atoms with Crippen molar-refractivity contribution in [1.82, 2.24) is 10.2 Å². The van der Waals surface area contributed by atoms with Gasteiger partial charge in [0, 0.05) is 32.1 Å². The van der Waals surface area contributed by atoms with E-state index in [1.165, 1.54) is 0 Å². The van der Waals surface area contributed by atoms with E-state index in [9.17, 15) is 8.78 Å². The van der Waals surface area contributed by atoms with Gasteiger partial charge in [-0.3, -0.25) is 0 Å². The molecule has 2 fully saturated rings. The summed E-state index contributed by atoms with van der Waals surface area (Å²) in [5.74, 6) is 0. The molecule has 2 saturated heterocycles. The number of morpholine rings is 1. The van der Waals surface area contributed by atoms with Crippen molar-refractivity contribution in [3.63, 3.8) is 0 Å². The molecule has 0 aromatic rings. The van der Waals surface area contributed by atoms with E-state index in [2.05, 4.69) is 17.3 Å². The lowest BCUT2D eigenvalue weighted by atomic mass is 9.88. The van der Waals surface area contributed by atoms with Gasteiger partial charge in [-0.15, -0.1) is 0 Å². The van der Waals surface area contributed by atoms with Gasteiger partial charge in [-0.05, 0) is 26.3 Å². The van der Waals surface area contributed by atoms with Crippen molar-refractivity contribution >= 4 is 0 Å². The van der Waals surface area contributed by atoms with Gasteiger partial charge < -0.3 is 15.0 Å². The summed E-state index contributed by atoms with van der Waals surface area (Å²) in [6.07, 6.45) is 0.198. The Morgan fingerprint density at radius 1 is 1.53 bits per heavy atom. The lowest BCUT2D eigenvalue weighted by molar-refractivity contribution is -0.0901. The third-order valence-electron chi connectivity index (χ3n) is 3.89. The molecule has 3 nitrogen and oxygen atoms in total. The summed E-state index contributed by atoms with van der Waals surface area (Å²) in [5.41, 5.74) is -0.130. The molecule has 2 aliphatic heterocycles. The summed E-state index contributed by atoms with van der Waals surface area (Å²) in [6, 6.07) is 0.236. The van der Waals surface area contributed by atoms with E-state index < -0.39 is 6.43 Å². The molecule has 0 aromatic carbocycles. The average molecular weight is 248 g/mol. The SMILES string of the molecule is CN1CCC2(C1)OCCNC2CCCC(F)F. The minimum atomic E-state index is -2.18. The van der Waals surface area contributed by atoms with Crippen LogP contribution in [0.1, 0.15) is 25.7 Å². The molecule has 2 aliphatic rings. The largest absolute Gasteiger partial charge is 0.371 e. The molecule has 2 heterocycles. The van der Waals surface area contributed by atoms with Gasteiger partial charge in [0.15, 0.2) is 0 Å². The van der Waals surface area contributed by atoms with Crippen LogP contribution in [0, 0.1) is 0 Å². The molecule has 0 aromatic heterocycles. The van der Waals surface area contributed by atoms with Crippen molar-refractivity contribution in [1.29, 1.82) is 0 Å². The molecule has 0 bridgehead atoms. The zero-order valence-electron chi connectivity index (χ0n) is 10.4. The Balaban J connectivity index is 1.88. The van der Waals surface area contributed by atoms with Crippen LogP contribution >= 0.6 is 0 Å². The fraction of sp³-hybridized carbons (Fsp3) is 1.00. The third-order valence-corrected chi connectivity index (χ3v) is 3.89. The van der Waals surface area contributed by atoms with Gasteiger partial charge in [-0.1, -0.05) is 0 Å². The van der Waals surface area contributed by atoms with Crippen LogP contribution in [0.3, 0.4) is 0 Å². The highest BCUT2D eigenvalue weighted by molar-refractivity contribution is 5.01. The summed E-state index contributed by atoms with van der Waals surface area (Å²) >= 11 is 0. The smallest absolute Gasteiger partial charge is 0.238 e. The molecule has 17 heavy (non-hydrogen) atoms. The van der Waals surface area contributed by atoms with Crippen molar-refractivity contribution in [2.75, 3.05) is 33.3 Å². The molecule has 5 heteroatoms. The lowest BCUT2D eigenvalue weighted by Gasteiger charge is -2.42. The van der Waals surface area contributed by atoms with Crippen LogP contribution in [0.25, 0.3) is 0 Å². The van der Waals surface area contributed by atoms with E-state index in [4.69, 9.17) is 4.74 Å². The molecule has 2 atom stereocenters. The first-order valence-electron chi connectivity index (χ1n) is 6.46. The van der Waals surface area contributed by atoms with Crippen molar-refractivity contribution < 1.29 is 13.5 Å². The summed E-state index contributed by atoms with van der Waals surface area (Å²) in [7, 11) is 2.09. The van der Waals surface area contributed by atoms with E-state index in [0.29, 0.717) is 6.42 Å². The van der Waals surface area contributed by atoms with Crippen molar-refractivity contribution in [3.8, 4) is 0 Å². The van der Waals surface area contributed by atoms with Gasteiger partial charge in [0.25, 0.3) is 0 Å². The zero-order valence-corrected chi connectivity index (χ0v) is 10.4. The first-order valence-corrected chi connectivity index (χ1v) is 6.46. The molecule has 0 aliphatic carbocycles. The highest BCUT2D eigenvalue weighted by Crippen LogP contribution is 2.32. The van der Waals surface area contributed by atoms with Gasteiger partial charge in [0.05, 0.1) is 12.2 Å². The van der Waals surface area contributed by atoms with Crippen LogP contribution in [0.5, 0.6) is 0 Å². The molecule has 2 rings (SSSR count). The van der Waals surface area contributed by atoms with E-state index in [-0.39, 0.29) is 18.1 Å². The monoisotopic (exact) mass is 248 g/mol. The molecule has 0 saturated carbocycles. The Hall–Kier alpha value is -0.260. The third kappa shape index (κ3) is 3.14. The molecule has 1 N–H and O–H groups in total. The second-order valence-corrected chi connectivity index (χ2v) is 5.23. The van der Waals surface area contributed by atoms with Crippen LogP contribution in [0.4, 0.5) is 8.78 Å². The van der Waals surface area contributed by atoms with Crippen LogP contribution in [0.15, 0.2) is 0 Å².